The van der Waals surface area contributed by atoms with E-state index in [1.807, 2.05) is 6.92 Å². The predicted molar refractivity (Wildman–Crippen MR) is 102 cm³/mol. The molecule has 2 saturated carbocycles. The Morgan fingerprint density at radius 3 is 2.48 bits per heavy atom. The Bertz CT molecular complexity index is 569. The Labute approximate surface area is 163 Å². The van der Waals surface area contributed by atoms with Gasteiger partial charge in [0.25, 0.3) is 0 Å². The van der Waals surface area contributed by atoms with Crippen LogP contribution in [0.15, 0.2) is 0 Å². The summed E-state index contributed by atoms with van der Waals surface area (Å²) in [6, 6.07) is 0. The first-order chi connectivity index (χ1) is 12.8. The van der Waals surface area contributed by atoms with Crippen LogP contribution in [0.5, 0.6) is 0 Å². The molecule has 0 amide bonds. The number of hydrogen-bond donors (Lipinski definition) is 2. The van der Waals surface area contributed by atoms with E-state index < -0.39 is 5.60 Å². The second kappa shape index (κ2) is 6.66. The Hall–Kier alpha value is -0.200. The van der Waals surface area contributed by atoms with Crippen molar-refractivity contribution in [3.8, 4) is 0 Å². The van der Waals surface area contributed by atoms with Crippen molar-refractivity contribution in [3.63, 3.8) is 0 Å². The van der Waals surface area contributed by atoms with E-state index in [9.17, 15) is 10.2 Å². The van der Waals surface area contributed by atoms with Crippen LogP contribution in [0, 0.1) is 22.7 Å². The number of rotatable bonds is 3. The molecule has 5 heteroatoms. The maximum Gasteiger partial charge on any atom is 0.155 e. The van der Waals surface area contributed by atoms with Gasteiger partial charge in [-0.2, -0.15) is 0 Å². The van der Waals surface area contributed by atoms with Crippen LogP contribution in [-0.4, -0.2) is 53.6 Å². The fourth-order valence-corrected chi connectivity index (χ4v) is 7.46. The summed E-state index contributed by atoms with van der Waals surface area (Å²) in [5, 5.41) is 19.7. The normalized spacial score (nSPS) is 55.3. The molecule has 0 aromatic heterocycles. The minimum Gasteiger partial charge on any atom is -0.396 e. The average molecular weight is 383 g/mol. The lowest BCUT2D eigenvalue weighted by Gasteiger charge is -2.66. The first-order valence-corrected chi connectivity index (χ1v) is 10.9. The number of aliphatic hydroxyl groups is 2. The molecule has 4 aliphatic rings. The van der Waals surface area contributed by atoms with E-state index in [-0.39, 0.29) is 42.0 Å². The molecule has 0 bridgehead atoms. The van der Waals surface area contributed by atoms with Gasteiger partial charge in [0.05, 0.1) is 30.5 Å². The molecule has 8 atom stereocenters. The molecule has 0 radical (unpaired) electrons. The van der Waals surface area contributed by atoms with Crippen LogP contribution in [0.3, 0.4) is 0 Å². The number of aliphatic hydroxyl groups excluding tert-OH is 2. The molecule has 0 unspecified atom stereocenters. The van der Waals surface area contributed by atoms with Gasteiger partial charge in [0.15, 0.2) is 6.29 Å². The molecule has 0 aromatic rings. The third kappa shape index (κ3) is 2.68. The van der Waals surface area contributed by atoms with Crippen LogP contribution >= 0.6 is 0 Å². The highest BCUT2D eigenvalue weighted by Crippen LogP contribution is 2.68. The smallest absolute Gasteiger partial charge is 0.155 e. The van der Waals surface area contributed by atoms with Crippen molar-refractivity contribution < 1.29 is 24.4 Å². The lowest BCUT2D eigenvalue weighted by atomic mass is 9.43. The maximum atomic E-state index is 10.1. The first kappa shape index (κ1) is 20.1. The van der Waals surface area contributed by atoms with Gasteiger partial charge in [-0.3, -0.25) is 0 Å². The van der Waals surface area contributed by atoms with Crippen LogP contribution in [-0.2, 0) is 14.2 Å². The van der Waals surface area contributed by atoms with Crippen molar-refractivity contribution in [1.82, 2.24) is 0 Å². The van der Waals surface area contributed by atoms with Crippen LogP contribution in [0.1, 0.15) is 72.6 Å². The molecule has 27 heavy (non-hydrogen) atoms. The van der Waals surface area contributed by atoms with Crippen molar-refractivity contribution in [2.24, 2.45) is 22.7 Å². The van der Waals surface area contributed by atoms with Crippen molar-refractivity contribution in [3.05, 3.63) is 0 Å². The van der Waals surface area contributed by atoms with Gasteiger partial charge < -0.3 is 24.4 Å². The van der Waals surface area contributed by atoms with E-state index >= 15 is 0 Å². The van der Waals surface area contributed by atoms with E-state index in [1.165, 1.54) is 6.42 Å². The molecular weight excluding hydrogens is 344 g/mol. The Morgan fingerprint density at radius 1 is 1.00 bits per heavy atom. The summed E-state index contributed by atoms with van der Waals surface area (Å²) in [5.41, 5.74) is -0.766. The fraction of sp³-hybridized carbons (Fsp3) is 1.00. The third-order valence-electron chi connectivity index (χ3n) is 9.07. The average Bonchev–Trinajstić information content (AvgIpc) is 3.03. The zero-order valence-electron chi connectivity index (χ0n) is 17.5. The van der Waals surface area contributed by atoms with Crippen LogP contribution in [0.2, 0.25) is 0 Å². The number of fused-ring (bicyclic) bond motifs is 4. The quantitative estimate of drug-likeness (QED) is 0.784. The molecular formula is C22H38O5. The van der Waals surface area contributed by atoms with E-state index in [0.29, 0.717) is 18.3 Å². The fourth-order valence-electron chi connectivity index (χ4n) is 7.46. The molecule has 4 rings (SSSR count). The monoisotopic (exact) mass is 382 g/mol. The molecule has 4 fully saturated rings. The topological polar surface area (TPSA) is 68.2 Å². The summed E-state index contributed by atoms with van der Waals surface area (Å²) in [6.45, 7) is 9.93. The second-order valence-corrected chi connectivity index (χ2v) is 10.3. The highest BCUT2D eigenvalue weighted by atomic mass is 16.7. The molecule has 2 N–H and O–H groups in total. The zero-order chi connectivity index (χ0) is 19.5. The molecule has 1 spiro atoms. The van der Waals surface area contributed by atoms with Crippen molar-refractivity contribution >= 4 is 0 Å². The Balaban J connectivity index is 1.70. The molecule has 2 saturated heterocycles. The standard InChI is InChI=1S/C22H38O5/c1-15-5-6-17-19(3)14-25-16(2)26-18(19)7-8-20(17,4)22(15)10-9-21(13-24,27-22)11-12-23/h15-18,23-24H,5-14H2,1-4H3/t15-,16+,17-,18+,19+,20+,21-,22-/m1/s1. The third-order valence-corrected chi connectivity index (χ3v) is 9.07. The molecule has 2 aliphatic heterocycles. The Kier molecular flexibility index (Phi) is 4.96. The van der Waals surface area contributed by atoms with E-state index in [2.05, 4.69) is 20.8 Å². The molecule has 2 aliphatic carbocycles. The van der Waals surface area contributed by atoms with Gasteiger partial charge in [-0.1, -0.05) is 20.8 Å². The van der Waals surface area contributed by atoms with Gasteiger partial charge in [0.1, 0.15) is 0 Å². The largest absolute Gasteiger partial charge is 0.396 e. The van der Waals surface area contributed by atoms with Crippen molar-refractivity contribution in [2.45, 2.75) is 96.2 Å². The van der Waals surface area contributed by atoms with Crippen LogP contribution < -0.4 is 0 Å². The minimum absolute atomic E-state index is 0.00753. The summed E-state index contributed by atoms with van der Waals surface area (Å²) in [7, 11) is 0. The molecule has 5 nitrogen and oxygen atoms in total. The first-order valence-electron chi connectivity index (χ1n) is 10.9. The summed E-state index contributed by atoms with van der Waals surface area (Å²) < 4.78 is 19.1. The lowest BCUT2D eigenvalue weighted by molar-refractivity contribution is -0.325. The van der Waals surface area contributed by atoms with Crippen molar-refractivity contribution in [1.29, 1.82) is 0 Å². The highest BCUT2D eigenvalue weighted by Gasteiger charge is 2.69. The second-order valence-electron chi connectivity index (χ2n) is 10.3. The van der Waals surface area contributed by atoms with Crippen molar-refractivity contribution in [2.75, 3.05) is 19.8 Å². The zero-order valence-corrected chi connectivity index (χ0v) is 17.5. The van der Waals surface area contributed by atoms with Crippen LogP contribution in [0.4, 0.5) is 0 Å². The maximum absolute atomic E-state index is 10.1. The summed E-state index contributed by atoms with van der Waals surface area (Å²) >= 11 is 0. The van der Waals surface area contributed by atoms with Gasteiger partial charge in [-0.25, -0.2) is 0 Å². The van der Waals surface area contributed by atoms with Crippen LogP contribution in [0.25, 0.3) is 0 Å². The van der Waals surface area contributed by atoms with E-state index in [0.717, 1.165) is 38.7 Å². The summed E-state index contributed by atoms with van der Waals surface area (Å²) in [6.07, 6.45) is 6.92. The Morgan fingerprint density at radius 2 is 1.78 bits per heavy atom. The van der Waals surface area contributed by atoms with Gasteiger partial charge in [-0.05, 0) is 57.3 Å². The minimum atomic E-state index is -0.584. The van der Waals surface area contributed by atoms with Gasteiger partial charge >= 0.3 is 0 Å². The molecule has 2 heterocycles. The van der Waals surface area contributed by atoms with Gasteiger partial charge in [0, 0.05) is 23.9 Å². The molecule has 156 valence electrons. The van der Waals surface area contributed by atoms with E-state index in [1.54, 1.807) is 0 Å². The highest BCUT2D eigenvalue weighted by molar-refractivity contribution is 5.18. The lowest BCUT2D eigenvalue weighted by Crippen LogP contribution is -2.68. The van der Waals surface area contributed by atoms with Gasteiger partial charge in [-0.15, -0.1) is 0 Å². The number of hydrogen-bond acceptors (Lipinski definition) is 5. The summed E-state index contributed by atoms with van der Waals surface area (Å²) in [4.78, 5) is 0. The SMILES string of the molecule is C[C@H]1OC[C@]2(C)[C@H](CC[C@@]3(C)[C@@H]2CC[C@@H](C)[C@]32CC[C@](CO)(CCO)O2)O1. The predicted octanol–water partition coefficient (Wildman–Crippen LogP) is 3.26. The number of ether oxygens (including phenoxy) is 3. The van der Waals surface area contributed by atoms with Gasteiger partial charge in [0.2, 0.25) is 0 Å². The summed E-state index contributed by atoms with van der Waals surface area (Å²) in [5.74, 6) is 0.937. The molecule has 0 aromatic carbocycles. The van der Waals surface area contributed by atoms with E-state index in [4.69, 9.17) is 14.2 Å².